The molecule has 0 bridgehead atoms. The highest BCUT2D eigenvalue weighted by molar-refractivity contribution is 6.80. The lowest BCUT2D eigenvalue weighted by atomic mass is 9.87. The molecule has 0 spiro atoms. The summed E-state index contributed by atoms with van der Waals surface area (Å²) in [5.74, 6) is 1.33. The standard InChI is InChI=1S/C16H26O2Si/c1-6-18-13-9-12(2)14(15(17)10-13)11-16(7-8-16)19(3,4)5/h10-12H,6-9H2,1-5H3/b14-11+/t12-/m0/s1. The van der Waals surface area contributed by atoms with Crippen molar-refractivity contribution in [1.29, 1.82) is 0 Å². The summed E-state index contributed by atoms with van der Waals surface area (Å²) in [5, 5.41) is 0.378. The molecule has 0 unspecified atom stereocenters. The van der Waals surface area contributed by atoms with Crippen molar-refractivity contribution < 1.29 is 9.53 Å². The molecule has 2 aliphatic rings. The Kier molecular flexibility index (Phi) is 3.78. The third-order valence-electron chi connectivity index (χ3n) is 4.66. The van der Waals surface area contributed by atoms with Gasteiger partial charge in [-0.25, -0.2) is 0 Å². The summed E-state index contributed by atoms with van der Waals surface area (Å²) in [6, 6.07) is 0. The molecule has 0 aliphatic heterocycles. The van der Waals surface area contributed by atoms with Crippen LogP contribution >= 0.6 is 0 Å². The Balaban J connectivity index is 2.25. The van der Waals surface area contributed by atoms with Crippen molar-refractivity contribution in [2.24, 2.45) is 5.92 Å². The molecule has 0 aromatic carbocycles. The number of hydrogen-bond acceptors (Lipinski definition) is 2. The number of ketones is 1. The molecule has 2 aliphatic carbocycles. The van der Waals surface area contributed by atoms with Gasteiger partial charge in [0.2, 0.25) is 0 Å². The maximum Gasteiger partial charge on any atom is 0.185 e. The quantitative estimate of drug-likeness (QED) is 0.565. The number of carbonyl (C=O) groups is 1. The molecule has 3 heteroatoms. The minimum atomic E-state index is -1.23. The SMILES string of the molecule is CCOC1=CC(=O)/C(=C/C2([Si](C)(C)C)CC2)[C@@H](C)C1. The molecule has 2 nitrogen and oxygen atoms in total. The predicted molar refractivity (Wildman–Crippen MR) is 81.9 cm³/mol. The van der Waals surface area contributed by atoms with E-state index >= 15 is 0 Å². The molecule has 0 amide bonds. The topological polar surface area (TPSA) is 26.3 Å². The zero-order valence-electron chi connectivity index (χ0n) is 12.9. The molecule has 0 saturated heterocycles. The van der Waals surface area contributed by atoms with Crippen molar-refractivity contribution in [2.75, 3.05) is 6.61 Å². The third-order valence-corrected chi connectivity index (χ3v) is 8.29. The van der Waals surface area contributed by atoms with Crippen LogP contribution in [0.25, 0.3) is 0 Å². The van der Waals surface area contributed by atoms with E-state index in [1.54, 1.807) is 6.08 Å². The Morgan fingerprint density at radius 3 is 2.47 bits per heavy atom. The molecule has 0 aromatic heterocycles. The van der Waals surface area contributed by atoms with Gasteiger partial charge >= 0.3 is 0 Å². The highest BCUT2D eigenvalue weighted by Crippen LogP contribution is 2.62. The van der Waals surface area contributed by atoms with Crippen LogP contribution in [-0.2, 0) is 9.53 Å². The normalized spacial score (nSPS) is 28.3. The molecule has 0 radical (unpaired) electrons. The van der Waals surface area contributed by atoms with Crippen LogP contribution in [0, 0.1) is 5.92 Å². The number of ether oxygens (including phenoxy) is 1. The second kappa shape index (κ2) is 4.93. The molecular formula is C16H26O2Si. The van der Waals surface area contributed by atoms with Gasteiger partial charge in [0.1, 0.15) is 5.76 Å². The highest BCUT2D eigenvalue weighted by Gasteiger charge is 2.51. The average molecular weight is 278 g/mol. The predicted octanol–water partition coefficient (Wildman–Crippen LogP) is 4.31. The molecule has 0 aromatic rings. The Morgan fingerprint density at radius 1 is 1.42 bits per heavy atom. The van der Waals surface area contributed by atoms with E-state index in [2.05, 4.69) is 32.6 Å². The molecule has 106 valence electrons. The van der Waals surface area contributed by atoms with Gasteiger partial charge in [-0.2, -0.15) is 0 Å². The lowest BCUT2D eigenvalue weighted by Gasteiger charge is -2.29. The summed E-state index contributed by atoms with van der Waals surface area (Å²) in [6.07, 6.45) is 7.46. The number of carbonyl (C=O) groups excluding carboxylic acids is 1. The lowest BCUT2D eigenvalue weighted by molar-refractivity contribution is -0.112. The van der Waals surface area contributed by atoms with Gasteiger partial charge in [-0.15, -0.1) is 0 Å². The minimum absolute atomic E-state index is 0.173. The van der Waals surface area contributed by atoms with Crippen molar-refractivity contribution in [3.05, 3.63) is 23.5 Å². The molecular weight excluding hydrogens is 252 g/mol. The van der Waals surface area contributed by atoms with E-state index in [0.717, 1.165) is 17.8 Å². The van der Waals surface area contributed by atoms with Crippen LogP contribution in [0.2, 0.25) is 24.7 Å². The van der Waals surface area contributed by atoms with Crippen molar-refractivity contribution >= 4 is 13.9 Å². The van der Waals surface area contributed by atoms with E-state index in [-0.39, 0.29) is 5.78 Å². The molecule has 2 rings (SSSR count). The first-order valence-corrected chi connectivity index (χ1v) is 10.9. The van der Waals surface area contributed by atoms with Crippen molar-refractivity contribution in [2.45, 2.75) is 57.8 Å². The van der Waals surface area contributed by atoms with Gasteiger partial charge in [-0.1, -0.05) is 32.6 Å². The van der Waals surface area contributed by atoms with Crippen molar-refractivity contribution in [1.82, 2.24) is 0 Å². The minimum Gasteiger partial charge on any atom is -0.498 e. The van der Waals surface area contributed by atoms with Crippen LogP contribution in [0.1, 0.15) is 33.1 Å². The first-order valence-electron chi connectivity index (χ1n) is 7.39. The highest BCUT2D eigenvalue weighted by atomic mass is 28.3. The van der Waals surface area contributed by atoms with E-state index in [9.17, 15) is 4.79 Å². The summed E-state index contributed by atoms with van der Waals surface area (Å²) in [5.41, 5.74) is 1.03. The van der Waals surface area contributed by atoms with Crippen LogP contribution in [0.4, 0.5) is 0 Å². The number of rotatable bonds is 4. The van der Waals surface area contributed by atoms with Gasteiger partial charge in [0.05, 0.1) is 14.7 Å². The Bertz CT molecular complexity index is 436. The van der Waals surface area contributed by atoms with Gasteiger partial charge in [-0.3, -0.25) is 4.79 Å². The third kappa shape index (κ3) is 2.86. The molecule has 19 heavy (non-hydrogen) atoms. The largest absolute Gasteiger partial charge is 0.498 e. The summed E-state index contributed by atoms with van der Waals surface area (Å²) in [4.78, 5) is 12.3. The van der Waals surface area contributed by atoms with E-state index in [1.807, 2.05) is 6.92 Å². The molecule has 1 atom stereocenters. The fraction of sp³-hybridized carbons (Fsp3) is 0.688. The monoisotopic (exact) mass is 278 g/mol. The zero-order valence-corrected chi connectivity index (χ0v) is 13.9. The van der Waals surface area contributed by atoms with Gasteiger partial charge in [0, 0.05) is 12.5 Å². The zero-order chi connectivity index (χ0) is 14.3. The summed E-state index contributed by atoms with van der Waals surface area (Å²) in [7, 11) is -1.23. The van der Waals surface area contributed by atoms with E-state index in [1.165, 1.54) is 12.8 Å². The first-order chi connectivity index (χ1) is 8.79. The van der Waals surface area contributed by atoms with E-state index < -0.39 is 8.07 Å². The van der Waals surface area contributed by atoms with Gasteiger partial charge < -0.3 is 4.74 Å². The van der Waals surface area contributed by atoms with Crippen LogP contribution in [-0.4, -0.2) is 20.5 Å². The maximum atomic E-state index is 12.3. The van der Waals surface area contributed by atoms with Crippen molar-refractivity contribution in [3.8, 4) is 0 Å². The van der Waals surface area contributed by atoms with Gasteiger partial charge in [-0.05, 0) is 36.3 Å². The smallest absolute Gasteiger partial charge is 0.185 e. The fourth-order valence-corrected chi connectivity index (χ4v) is 5.20. The molecule has 1 saturated carbocycles. The number of allylic oxidation sites excluding steroid dienone is 4. The Hall–Kier alpha value is -0.833. The van der Waals surface area contributed by atoms with E-state index in [0.29, 0.717) is 17.6 Å². The number of hydrogen-bond donors (Lipinski definition) is 0. The Morgan fingerprint density at radius 2 is 2.05 bits per heavy atom. The van der Waals surface area contributed by atoms with Crippen molar-refractivity contribution in [3.63, 3.8) is 0 Å². The van der Waals surface area contributed by atoms with Gasteiger partial charge in [0.15, 0.2) is 5.78 Å². The van der Waals surface area contributed by atoms with Crippen LogP contribution < -0.4 is 0 Å². The van der Waals surface area contributed by atoms with Crippen LogP contribution in [0.3, 0.4) is 0 Å². The van der Waals surface area contributed by atoms with Gasteiger partial charge in [0.25, 0.3) is 0 Å². The van der Waals surface area contributed by atoms with Crippen LogP contribution in [0.5, 0.6) is 0 Å². The molecule has 0 N–H and O–H groups in total. The first kappa shape index (κ1) is 14.6. The molecule has 1 fully saturated rings. The Labute approximate surface area is 117 Å². The average Bonchev–Trinajstić information content (AvgIpc) is 3.04. The van der Waals surface area contributed by atoms with E-state index in [4.69, 9.17) is 4.74 Å². The summed E-state index contributed by atoms with van der Waals surface area (Å²) < 4.78 is 5.51. The fourth-order valence-electron chi connectivity index (χ4n) is 2.99. The molecule has 0 heterocycles. The second-order valence-electron chi connectivity index (χ2n) is 7.02. The maximum absolute atomic E-state index is 12.3. The second-order valence-corrected chi connectivity index (χ2v) is 12.5. The lowest BCUT2D eigenvalue weighted by Crippen LogP contribution is -2.29. The summed E-state index contributed by atoms with van der Waals surface area (Å²) >= 11 is 0. The summed E-state index contributed by atoms with van der Waals surface area (Å²) in [6.45, 7) is 12.0. The van der Waals surface area contributed by atoms with Crippen LogP contribution in [0.15, 0.2) is 23.5 Å².